The maximum atomic E-state index is 14.0. The van der Waals surface area contributed by atoms with Crippen LogP contribution in [-0.2, 0) is 11.3 Å². The summed E-state index contributed by atoms with van der Waals surface area (Å²) in [5.41, 5.74) is 6.42. The largest absolute Gasteiger partial charge is 0.384 e. The van der Waals surface area contributed by atoms with Gasteiger partial charge in [0.2, 0.25) is 0 Å². The first-order chi connectivity index (χ1) is 9.56. The lowest BCUT2D eigenvalue weighted by atomic mass is 9.99. The third-order valence-corrected chi connectivity index (χ3v) is 3.72. The van der Waals surface area contributed by atoms with Crippen molar-refractivity contribution in [3.63, 3.8) is 0 Å². The van der Waals surface area contributed by atoms with Crippen molar-refractivity contribution in [2.75, 3.05) is 26.8 Å². The summed E-state index contributed by atoms with van der Waals surface area (Å²) in [6, 6.07) is 4.75. The monoisotopic (exact) mass is 279 g/mol. The zero-order valence-corrected chi connectivity index (χ0v) is 11.9. The SMILES string of the molecule is CN(Cc1ccc(C(=N)N)cc1F)CC1CCOCC1. The van der Waals surface area contributed by atoms with E-state index in [9.17, 15) is 4.39 Å². The fourth-order valence-electron chi connectivity index (χ4n) is 2.57. The second-order valence-corrected chi connectivity index (χ2v) is 5.47. The minimum Gasteiger partial charge on any atom is -0.384 e. The second-order valence-electron chi connectivity index (χ2n) is 5.47. The van der Waals surface area contributed by atoms with Crippen molar-refractivity contribution >= 4 is 5.84 Å². The van der Waals surface area contributed by atoms with Crippen molar-refractivity contribution in [1.82, 2.24) is 4.90 Å². The molecule has 2 rings (SSSR count). The normalized spacial score (nSPS) is 16.6. The summed E-state index contributed by atoms with van der Waals surface area (Å²) in [5.74, 6) is 0.232. The van der Waals surface area contributed by atoms with Crippen LogP contribution >= 0.6 is 0 Å². The molecule has 0 aromatic heterocycles. The van der Waals surface area contributed by atoms with E-state index in [0.29, 0.717) is 23.6 Å². The molecule has 1 heterocycles. The summed E-state index contributed by atoms with van der Waals surface area (Å²) in [6.45, 7) is 3.19. The number of nitrogens with zero attached hydrogens (tertiary/aromatic N) is 1. The number of nitrogen functional groups attached to an aromatic ring is 1. The second kappa shape index (κ2) is 6.81. The van der Waals surface area contributed by atoms with E-state index < -0.39 is 0 Å². The molecule has 1 aliphatic heterocycles. The van der Waals surface area contributed by atoms with E-state index in [0.717, 1.165) is 32.6 Å². The number of rotatable bonds is 5. The molecule has 4 nitrogen and oxygen atoms in total. The van der Waals surface area contributed by atoms with Gasteiger partial charge in [0.05, 0.1) is 0 Å². The van der Waals surface area contributed by atoms with Crippen LogP contribution in [0.15, 0.2) is 18.2 Å². The molecule has 0 bridgehead atoms. The number of hydrogen-bond donors (Lipinski definition) is 2. The van der Waals surface area contributed by atoms with Gasteiger partial charge in [-0.1, -0.05) is 12.1 Å². The summed E-state index contributed by atoms with van der Waals surface area (Å²) in [5, 5.41) is 7.30. The Hall–Kier alpha value is -1.46. The van der Waals surface area contributed by atoms with E-state index in [1.807, 2.05) is 7.05 Å². The molecule has 1 saturated heterocycles. The van der Waals surface area contributed by atoms with Gasteiger partial charge >= 0.3 is 0 Å². The van der Waals surface area contributed by atoms with Crippen LogP contribution in [0.25, 0.3) is 0 Å². The Morgan fingerprint density at radius 2 is 2.15 bits per heavy atom. The third kappa shape index (κ3) is 4.02. The van der Waals surface area contributed by atoms with Crippen LogP contribution in [0, 0.1) is 17.1 Å². The molecule has 0 saturated carbocycles. The van der Waals surface area contributed by atoms with E-state index >= 15 is 0 Å². The molecular weight excluding hydrogens is 257 g/mol. The van der Waals surface area contributed by atoms with Gasteiger partial charge in [0, 0.05) is 37.4 Å². The van der Waals surface area contributed by atoms with Crippen molar-refractivity contribution in [2.24, 2.45) is 11.7 Å². The Balaban J connectivity index is 1.93. The Morgan fingerprint density at radius 3 is 2.75 bits per heavy atom. The lowest BCUT2D eigenvalue weighted by molar-refractivity contribution is 0.0548. The maximum Gasteiger partial charge on any atom is 0.128 e. The zero-order chi connectivity index (χ0) is 14.5. The average molecular weight is 279 g/mol. The number of ether oxygens (including phenoxy) is 1. The van der Waals surface area contributed by atoms with E-state index in [1.165, 1.54) is 6.07 Å². The molecule has 110 valence electrons. The Labute approximate surface area is 119 Å². The Bertz CT molecular complexity index is 472. The highest BCUT2D eigenvalue weighted by Crippen LogP contribution is 2.18. The molecule has 20 heavy (non-hydrogen) atoms. The van der Waals surface area contributed by atoms with E-state index in [1.54, 1.807) is 12.1 Å². The summed E-state index contributed by atoms with van der Waals surface area (Å²) in [7, 11) is 2.01. The zero-order valence-electron chi connectivity index (χ0n) is 11.9. The van der Waals surface area contributed by atoms with Gasteiger partial charge in [-0.05, 0) is 31.9 Å². The van der Waals surface area contributed by atoms with Gasteiger partial charge in [0.1, 0.15) is 11.7 Å². The lowest BCUT2D eigenvalue weighted by Crippen LogP contribution is -2.29. The molecule has 0 radical (unpaired) electrons. The highest BCUT2D eigenvalue weighted by atomic mass is 19.1. The molecule has 1 fully saturated rings. The van der Waals surface area contributed by atoms with Gasteiger partial charge in [-0.15, -0.1) is 0 Å². The van der Waals surface area contributed by atoms with Crippen LogP contribution in [0.4, 0.5) is 4.39 Å². The van der Waals surface area contributed by atoms with Gasteiger partial charge < -0.3 is 15.4 Å². The maximum absolute atomic E-state index is 14.0. The first-order valence-corrected chi connectivity index (χ1v) is 6.95. The van der Waals surface area contributed by atoms with E-state index in [2.05, 4.69) is 4.90 Å². The fourth-order valence-corrected chi connectivity index (χ4v) is 2.57. The Morgan fingerprint density at radius 1 is 1.45 bits per heavy atom. The van der Waals surface area contributed by atoms with Gasteiger partial charge in [0.25, 0.3) is 0 Å². The van der Waals surface area contributed by atoms with Crippen molar-refractivity contribution in [1.29, 1.82) is 5.41 Å². The molecule has 0 aliphatic carbocycles. The fraction of sp³-hybridized carbons (Fsp3) is 0.533. The topological polar surface area (TPSA) is 62.3 Å². The first-order valence-electron chi connectivity index (χ1n) is 6.95. The molecule has 1 aromatic carbocycles. The predicted molar refractivity (Wildman–Crippen MR) is 77.3 cm³/mol. The number of hydrogen-bond acceptors (Lipinski definition) is 3. The van der Waals surface area contributed by atoms with Gasteiger partial charge in [0.15, 0.2) is 0 Å². The summed E-state index contributed by atoms with van der Waals surface area (Å²) >= 11 is 0. The van der Waals surface area contributed by atoms with Gasteiger partial charge in [-0.2, -0.15) is 0 Å². The van der Waals surface area contributed by atoms with E-state index in [-0.39, 0.29) is 11.7 Å². The van der Waals surface area contributed by atoms with Gasteiger partial charge in [-0.3, -0.25) is 5.41 Å². The number of halogens is 1. The van der Waals surface area contributed by atoms with Crippen molar-refractivity contribution in [3.05, 3.63) is 35.1 Å². The standard InChI is InChI=1S/C15H22FN3O/c1-19(9-11-4-6-20-7-5-11)10-13-3-2-12(15(17)18)8-14(13)16/h2-3,8,11H,4-7,9-10H2,1H3,(H3,17,18). The minimum absolute atomic E-state index is 0.106. The molecule has 1 aliphatic rings. The van der Waals surface area contributed by atoms with Crippen molar-refractivity contribution in [2.45, 2.75) is 19.4 Å². The lowest BCUT2D eigenvalue weighted by Gasteiger charge is -2.27. The van der Waals surface area contributed by atoms with Crippen LogP contribution in [0.1, 0.15) is 24.0 Å². The molecule has 5 heteroatoms. The molecule has 3 N–H and O–H groups in total. The quantitative estimate of drug-likeness (QED) is 0.640. The summed E-state index contributed by atoms with van der Waals surface area (Å²) < 4.78 is 19.3. The highest BCUT2D eigenvalue weighted by Gasteiger charge is 2.16. The highest BCUT2D eigenvalue weighted by molar-refractivity contribution is 5.94. The molecule has 0 amide bonds. The Kier molecular flexibility index (Phi) is 5.09. The molecule has 0 atom stereocenters. The van der Waals surface area contributed by atoms with Crippen LogP contribution in [0.3, 0.4) is 0 Å². The smallest absolute Gasteiger partial charge is 0.128 e. The third-order valence-electron chi connectivity index (χ3n) is 3.72. The van der Waals surface area contributed by atoms with Crippen LogP contribution < -0.4 is 5.73 Å². The number of amidine groups is 1. The summed E-state index contributed by atoms with van der Waals surface area (Å²) in [4.78, 5) is 2.14. The van der Waals surface area contributed by atoms with Crippen LogP contribution in [0.5, 0.6) is 0 Å². The van der Waals surface area contributed by atoms with Crippen LogP contribution in [0.2, 0.25) is 0 Å². The first kappa shape index (κ1) is 14.9. The molecular formula is C15H22FN3O. The minimum atomic E-state index is -0.295. The van der Waals surface area contributed by atoms with Crippen LogP contribution in [-0.4, -0.2) is 37.5 Å². The predicted octanol–water partition coefficient (Wildman–Crippen LogP) is 1.97. The van der Waals surface area contributed by atoms with Crippen molar-refractivity contribution < 1.29 is 9.13 Å². The molecule has 1 aromatic rings. The van der Waals surface area contributed by atoms with E-state index in [4.69, 9.17) is 15.9 Å². The number of nitrogens with two attached hydrogens (primary N) is 1. The molecule has 0 unspecified atom stereocenters. The summed E-state index contributed by atoms with van der Waals surface area (Å²) in [6.07, 6.45) is 2.16. The number of benzene rings is 1. The van der Waals surface area contributed by atoms with Gasteiger partial charge in [-0.25, -0.2) is 4.39 Å². The van der Waals surface area contributed by atoms with Crippen molar-refractivity contribution in [3.8, 4) is 0 Å². The number of nitrogens with one attached hydrogen (secondary N) is 1. The average Bonchev–Trinajstić information content (AvgIpc) is 2.42. The molecule has 0 spiro atoms.